The highest BCUT2D eigenvalue weighted by atomic mass is 16.7. The van der Waals surface area contributed by atoms with E-state index in [1.54, 1.807) is 13.0 Å². The average molecular weight is 445 g/mol. The van der Waals surface area contributed by atoms with E-state index in [4.69, 9.17) is 18.9 Å². The molecule has 0 radical (unpaired) electrons. The summed E-state index contributed by atoms with van der Waals surface area (Å²) in [5.41, 5.74) is 1.62. The Kier molecular flexibility index (Phi) is 7.66. The summed E-state index contributed by atoms with van der Waals surface area (Å²) in [4.78, 5) is 23.4. The van der Waals surface area contributed by atoms with E-state index in [0.29, 0.717) is 17.7 Å². The molecule has 4 atom stereocenters. The summed E-state index contributed by atoms with van der Waals surface area (Å²) in [5.74, 6) is 0.377. The van der Waals surface area contributed by atoms with Crippen molar-refractivity contribution >= 4 is 11.8 Å². The van der Waals surface area contributed by atoms with E-state index in [1.807, 2.05) is 37.3 Å². The van der Waals surface area contributed by atoms with Gasteiger partial charge in [0.1, 0.15) is 30.7 Å². The summed E-state index contributed by atoms with van der Waals surface area (Å²) in [6, 6.07) is 12.4. The molecular weight excluding hydrogens is 418 g/mol. The highest BCUT2D eigenvalue weighted by Crippen LogP contribution is 2.35. The maximum absolute atomic E-state index is 12.3. The zero-order valence-electron chi connectivity index (χ0n) is 18.2. The molecule has 0 saturated carbocycles. The van der Waals surface area contributed by atoms with Gasteiger partial charge in [-0.25, -0.2) is 4.79 Å². The van der Waals surface area contributed by atoms with Crippen molar-refractivity contribution in [1.82, 2.24) is 0 Å². The monoisotopic (exact) mass is 445 g/mol. The smallest absolute Gasteiger partial charge is 0.488 e. The number of hydrogen-bond donors (Lipinski definition) is 1. The molecule has 1 heterocycles. The minimum absolute atomic E-state index is 0.158. The van der Waals surface area contributed by atoms with Crippen LogP contribution >= 0.6 is 0 Å². The minimum atomic E-state index is -0.977. The van der Waals surface area contributed by atoms with Crippen LogP contribution < -0.4 is 4.74 Å². The number of aliphatic hydroxyl groups is 1. The molecule has 1 unspecified atom stereocenters. The second-order valence-corrected chi connectivity index (χ2v) is 7.78. The van der Waals surface area contributed by atoms with E-state index in [9.17, 15) is 20.0 Å². The van der Waals surface area contributed by atoms with Crippen LogP contribution in [0.25, 0.3) is 0 Å². The largest absolute Gasteiger partial charge is 0.509 e. The van der Waals surface area contributed by atoms with Gasteiger partial charge in [-0.15, -0.1) is 0 Å². The van der Waals surface area contributed by atoms with Gasteiger partial charge >= 0.3 is 6.16 Å². The van der Waals surface area contributed by atoms with E-state index < -0.39 is 29.4 Å². The molecule has 1 aliphatic rings. The molecule has 32 heavy (non-hydrogen) atoms. The molecule has 0 spiro atoms. The summed E-state index contributed by atoms with van der Waals surface area (Å²) < 4.78 is 21.8. The zero-order chi connectivity index (χ0) is 23.3. The molecule has 0 aromatic heterocycles. The predicted molar refractivity (Wildman–Crippen MR) is 114 cm³/mol. The fourth-order valence-electron chi connectivity index (χ4n) is 3.64. The normalized spacial score (nSPS) is 21.1. The fraction of sp³-hybridized carbons (Fsp3) is 0.435. The molecular formula is C23H27NO8. The number of nitro groups is 1. The van der Waals surface area contributed by atoms with Crippen LogP contribution in [0.3, 0.4) is 0 Å². The van der Waals surface area contributed by atoms with Crippen molar-refractivity contribution in [3.05, 3.63) is 69.3 Å². The summed E-state index contributed by atoms with van der Waals surface area (Å²) >= 11 is 0. The third-order valence-corrected chi connectivity index (χ3v) is 5.28. The molecule has 9 heteroatoms. The number of nitrogens with zero attached hydrogens (tertiary/aromatic N) is 1. The number of benzene rings is 2. The zero-order valence-corrected chi connectivity index (χ0v) is 18.2. The van der Waals surface area contributed by atoms with Gasteiger partial charge < -0.3 is 24.1 Å². The number of hydrogen-bond acceptors (Lipinski definition) is 8. The minimum Gasteiger partial charge on any atom is -0.488 e. The summed E-state index contributed by atoms with van der Waals surface area (Å²) in [7, 11) is 0. The Hall–Kier alpha value is -3.17. The highest BCUT2D eigenvalue weighted by Gasteiger charge is 2.36. The number of carbonyl (C=O) groups excluding carboxylic acids is 1. The topological polar surface area (TPSA) is 117 Å². The number of carbonyl (C=O) groups is 1. The van der Waals surface area contributed by atoms with Gasteiger partial charge in [0.25, 0.3) is 5.69 Å². The van der Waals surface area contributed by atoms with Crippen LogP contribution in [0.4, 0.5) is 10.5 Å². The first kappa shape index (κ1) is 23.5. The van der Waals surface area contributed by atoms with E-state index in [2.05, 4.69) is 0 Å². The average Bonchev–Trinajstić information content (AvgIpc) is 3.11. The van der Waals surface area contributed by atoms with Crippen molar-refractivity contribution in [3.63, 3.8) is 0 Å². The first-order valence-corrected chi connectivity index (χ1v) is 10.4. The first-order valence-electron chi connectivity index (χ1n) is 10.4. The number of aliphatic hydroxyl groups excluding tert-OH is 1. The van der Waals surface area contributed by atoms with Gasteiger partial charge in [0.2, 0.25) is 0 Å². The summed E-state index contributed by atoms with van der Waals surface area (Å²) in [6.45, 7) is 5.09. The summed E-state index contributed by atoms with van der Waals surface area (Å²) in [6.07, 6.45) is -2.89. The van der Waals surface area contributed by atoms with Crippen LogP contribution in [0, 0.1) is 17.0 Å². The van der Waals surface area contributed by atoms with E-state index in [-0.39, 0.29) is 30.6 Å². The van der Waals surface area contributed by atoms with Crippen LogP contribution in [-0.2, 0) is 20.8 Å². The molecule has 0 bridgehead atoms. The molecule has 1 fully saturated rings. The lowest BCUT2D eigenvalue weighted by Crippen LogP contribution is -2.30. The summed E-state index contributed by atoms with van der Waals surface area (Å²) in [5, 5.41) is 21.0. The van der Waals surface area contributed by atoms with Crippen molar-refractivity contribution in [2.24, 2.45) is 0 Å². The van der Waals surface area contributed by atoms with Crippen LogP contribution in [0.1, 0.15) is 43.1 Å². The predicted octanol–water partition coefficient (Wildman–Crippen LogP) is 4.23. The van der Waals surface area contributed by atoms with Crippen molar-refractivity contribution in [3.8, 4) is 5.75 Å². The fourth-order valence-corrected chi connectivity index (χ4v) is 3.64. The van der Waals surface area contributed by atoms with Gasteiger partial charge in [-0.05, 0) is 38.0 Å². The molecule has 1 saturated heterocycles. The van der Waals surface area contributed by atoms with Crippen molar-refractivity contribution in [1.29, 1.82) is 0 Å². The van der Waals surface area contributed by atoms with Crippen molar-refractivity contribution < 1.29 is 33.8 Å². The Labute approximate surface area is 186 Å². The van der Waals surface area contributed by atoms with Crippen molar-refractivity contribution in [2.75, 3.05) is 6.61 Å². The molecule has 0 amide bonds. The SMILES string of the molecule is Cc1cc(C(C)OC(=O)O[C@@H]2C[C@@H](C)O[C@H]2CO)c([N+](=O)[O-])cc1OCc1ccccc1. The molecule has 1 aliphatic heterocycles. The van der Waals surface area contributed by atoms with Crippen LogP contribution in [0.15, 0.2) is 42.5 Å². The molecule has 172 valence electrons. The molecule has 2 aromatic carbocycles. The molecule has 0 aliphatic carbocycles. The Morgan fingerprint density at radius 1 is 1.31 bits per heavy atom. The number of nitro benzene ring substituents is 1. The molecule has 1 N–H and O–H groups in total. The van der Waals surface area contributed by atoms with Crippen molar-refractivity contribution in [2.45, 2.75) is 58.2 Å². The van der Waals surface area contributed by atoms with Gasteiger partial charge in [0.05, 0.1) is 29.3 Å². The second kappa shape index (κ2) is 10.4. The Morgan fingerprint density at radius 2 is 2.03 bits per heavy atom. The van der Waals surface area contributed by atoms with Gasteiger partial charge in [-0.3, -0.25) is 10.1 Å². The number of aryl methyl sites for hydroxylation is 1. The Bertz CT molecular complexity index is 949. The number of ether oxygens (including phenoxy) is 4. The lowest BCUT2D eigenvalue weighted by Gasteiger charge is -2.19. The molecule has 9 nitrogen and oxygen atoms in total. The third-order valence-electron chi connectivity index (χ3n) is 5.28. The molecule has 2 aromatic rings. The third kappa shape index (κ3) is 5.74. The first-order chi connectivity index (χ1) is 15.3. The Morgan fingerprint density at radius 3 is 2.69 bits per heavy atom. The van der Waals surface area contributed by atoms with E-state index in [1.165, 1.54) is 13.0 Å². The van der Waals surface area contributed by atoms with Gasteiger partial charge in [-0.1, -0.05) is 30.3 Å². The maximum atomic E-state index is 12.3. The molecule has 3 rings (SSSR count). The number of rotatable bonds is 8. The highest BCUT2D eigenvalue weighted by molar-refractivity contribution is 5.61. The van der Waals surface area contributed by atoms with Gasteiger partial charge in [0, 0.05) is 6.42 Å². The standard InChI is InChI=1S/C23H27NO8/c1-14-9-18(16(3)31-23(26)32-21-10-15(2)30-22(21)12-25)19(24(27)28)11-20(14)29-13-17-7-5-4-6-8-17/h4-9,11,15-16,21-22,25H,10,12-13H2,1-3H3/t15-,16?,21-,22+/m1/s1. The van der Waals surface area contributed by atoms with E-state index in [0.717, 1.165) is 5.56 Å². The van der Waals surface area contributed by atoms with E-state index >= 15 is 0 Å². The van der Waals surface area contributed by atoms with Gasteiger partial charge in [-0.2, -0.15) is 0 Å². The van der Waals surface area contributed by atoms with Crippen LogP contribution in [-0.4, -0.2) is 41.1 Å². The van der Waals surface area contributed by atoms with Gasteiger partial charge in [0.15, 0.2) is 0 Å². The lowest BCUT2D eigenvalue weighted by atomic mass is 10.0. The van der Waals surface area contributed by atoms with Crippen LogP contribution in [0.2, 0.25) is 0 Å². The Balaban J connectivity index is 1.71. The maximum Gasteiger partial charge on any atom is 0.509 e. The van der Waals surface area contributed by atoms with Crippen LogP contribution in [0.5, 0.6) is 5.75 Å². The second-order valence-electron chi connectivity index (χ2n) is 7.78. The lowest BCUT2D eigenvalue weighted by molar-refractivity contribution is -0.386. The quantitative estimate of drug-likeness (QED) is 0.364.